The van der Waals surface area contributed by atoms with Gasteiger partial charge in [0.25, 0.3) is 0 Å². The maximum Gasteiger partial charge on any atom is 0.185 e. The summed E-state index contributed by atoms with van der Waals surface area (Å²) in [5, 5.41) is 9.45. The van der Waals surface area contributed by atoms with Crippen molar-refractivity contribution >= 4 is 7.98 Å². The molecule has 2 atom stereocenters. The first-order valence-corrected chi connectivity index (χ1v) is 7.80. The predicted octanol–water partition coefficient (Wildman–Crippen LogP) is 2.47. The van der Waals surface area contributed by atoms with Crippen molar-refractivity contribution in [1.29, 1.82) is 0 Å². The summed E-state index contributed by atoms with van der Waals surface area (Å²) in [5.41, 5.74) is 0.122. The number of aliphatic hydroxyl groups is 1. The van der Waals surface area contributed by atoms with Gasteiger partial charge in [0.05, 0.1) is 18.8 Å². The van der Waals surface area contributed by atoms with E-state index in [0.29, 0.717) is 6.61 Å². The molecule has 3 nitrogen and oxygen atoms in total. The maximum absolute atomic E-state index is 9.45. The summed E-state index contributed by atoms with van der Waals surface area (Å²) in [5.74, 6) is 0. The molecule has 0 rings (SSSR count). The number of aliphatic hydroxyl groups excluding tert-OH is 1. The fourth-order valence-corrected chi connectivity index (χ4v) is 2.22. The summed E-state index contributed by atoms with van der Waals surface area (Å²) in [6.07, 6.45) is 2.16. The van der Waals surface area contributed by atoms with Crippen LogP contribution in [0.5, 0.6) is 0 Å². The van der Waals surface area contributed by atoms with Crippen LogP contribution in [0.25, 0.3) is 0 Å². The zero-order valence-corrected chi connectivity index (χ0v) is 15.2. The molecule has 0 aromatic rings. The van der Waals surface area contributed by atoms with Crippen LogP contribution in [0.1, 0.15) is 61.3 Å². The Balaban J connectivity index is 4.99. The average Bonchev–Trinajstić information content (AvgIpc) is 2.27. The fraction of sp³-hybridized carbons (Fsp3) is 1.00. The van der Waals surface area contributed by atoms with E-state index in [1.807, 2.05) is 19.8 Å². The molecule has 0 saturated carbocycles. The highest BCUT2D eigenvalue weighted by atomic mass is 16.5. The summed E-state index contributed by atoms with van der Waals surface area (Å²) in [6.45, 7) is 16.5. The molecule has 0 aliphatic carbocycles. The lowest BCUT2D eigenvalue weighted by atomic mass is 9.68. The molecule has 0 heterocycles. The standard InChI is InChI=1S/C16H36BNO2/c1-9-15(5,6)12-16(7,14(2,3)4)20-11-13(10-19)18(8)17/h13,19H,9-12,17H2,1-8H3. The van der Waals surface area contributed by atoms with Crippen molar-refractivity contribution in [2.75, 3.05) is 20.3 Å². The molecule has 120 valence electrons. The van der Waals surface area contributed by atoms with E-state index in [9.17, 15) is 5.11 Å². The second kappa shape index (κ2) is 7.28. The first kappa shape index (κ1) is 19.9. The Kier molecular flexibility index (Phi) is 7.26. The SMILES string of the molecule is BN(C)C(CO)COC(C)(CC(C)(C)CC)C(C)(C)C. The van der Waals surface area contributed by atoms with Gasteiger partial charge in [-0.2, -0.15) is 0 Å². The van der Waals surface area contributed by atoms with Gasteiger partial charge in [0.1, 0.15) is 0 Å². The zero-order valence-electron chi connectivity index (χ0n) is 15.2. The van der Waals surface area contributed by atoms with Gasteiger partial charge >= 0.3 is 0 Å². The average molecular weight is 285 g/mol. The van der Waals surface area contributed by atoms with E-state index in [0.717, 1.165) is 12.8 Å². The van der Waals surface area contributed by atoms with Gasteiger partial charge in [0.2, 0.25) is 0 Å². The van der Waals surface area contributed by atoms with Gasteiger partial charge < -0.3 is 14.7 Å². The highest BCUT2D eigenvalue weighted by Gasteiger charge is 2.42. The molecule has 1 N–H and O–H groups in total. The van der Waals surface area contributed by atoms with Crippen molar-refractivity contribution in [1.82, 2.24) is 4.81 Å². The first-order chi connectivity index (χ1) is 8.88. The molecule has 20 heavy (non-hydrogen) atoms. The topological polar surface area (TPSA) is 32.7 Å². The number of nitrogens with zero attached hydrogens (tertiary/aromatic N) is 1. The predicted molar refractivity (Wildman–Crippen MR) is 89.7 cm³/mol. The second-order valence-corrected chi connectivity index (χ2v) is 8.29. The molecule has 4 heteroatoms. The van der Waals surface area contributed by atoms with Gasteiger partial charge in [-0.05, 0) is 31.2 Å². The van der Waals surface area contributed by atoms with Gasteiger partial charge in [0.15, 0.2) is 7.98 Å². The molecule has 0 aliphatic rings. The lowest BCUT2D eigenvalue weighted by Gasteiger charge is -2.47. The number of hydrogen-bond donors (Lipinski definition) is 1. The van der Waals surface area contributed by atoms with Crippen molar-refractivity contribution in [3.63, 3.8) is 0 Å². The highest BCUT2D eigenvalue weighted by Crippen LogP contribution is 2.43. The fourth-order valence-electron chi connectivity index (χ4n) is 2.22. The van der Waals surface area contributed by atoms with E-state index >= 15 is 0 Å². The number of likely N-dealkylation sites (N-methyl/N-ethyl adjacent to an activating group) is 1. The molecule has 0 aromatic carbocycles. The van der Waals surface area contributed by atoms with Gasteiger partial charge in [-0.3, -0.25) is 0 Å². The van der Waals surface area contributed by atoms with Crippen LogP contribution in [0, 0.1) is 10.8 Å². The Morgan fingerprint density at radius 3 is 1.95 bits per heavy atom. The Labute approximate surface area is 127 Å². The van der Waals surface area contributed by atoms with Crippen LogP contribution in [-0.2, 0) is 4.74 Å². The molecule has 0 bridgehead atoms. The second-order valence-electron chi connectivity index (χ2n) is 8.29. The maximum atomic E-state index is 9.45. The molecule has 0 amide bonds. The third kappa shape index (κ3) is 5.75. The molecule has 0 fully saturated rings. The number of ether oxygens (including phenoxy) is 1. The normalized spacial score (nSPS) is 18.1. The van der Waals surface area contributed by atoms with E-state index in [4.69, 9.17) is 4.74 Å². The molecule has 0 radical (unpaired) electrons. The monoisotopic (exact) mass is 285 g/mol. The highest BCUT2D eigenvalue weighted by molar-refractivity contribution is 6.04. The summed E-state index contributed by atoms with van der Waals surface area (Å²) in [6, 6.07) is 0.0569. The van der Waals surface area contributed by atoms with Crippen molar-refractivity contribution in [3.05, 3.63) is 0 Å². The smallest absolute Gasteiger partial charge is 0.185 e. The van der Waals surface area contributed by atoms with Gasteiger partial charge in [-0.1, -0.05) is 48.0 Å². The van der Waals surface area contributed by atoms with Crippen molar-refractivity contribution < 1.29 is 9.84 Å². The Morgan fingerprint density at radius 1 is 1.15 bits per heavy atom. The van der Waals surface area contributed by atoms with Gasteiger partial charge in [0, 0.05) is 6.04 Å². The van der Waals surface area contributed by atoms with Gasteiger partial charge in [-0.15, -0.1) is 0 Å². The largest absolute Gasteiger partial charge is 0.395 e. The van der Waals surface area contributed by atoms with Crippen LogP contribution in [0.3, 0.4) is 0 Å². The van der Waals surface area contributed by atoms with Crippen molar-refractivity contribution in [3.8, 4) is 0 Å². The van der Waals surface area contributed by atoms with E-state index in [-0.39, 0.29) is 29.1 Å². The Hall–Kier alpha value is -0.0551. The van der Waals surface area contributed by atoms with Crippen LogP contribution < -0.4 is 0 Å². The van der Waals surface area contributed by atoms with Crippen LogP contribution in [0.4, 0.5) is 0 Å². The number of hydrogen-bond acceptors (Lipinski definition) is 3. The molecule has 0 saturated heterocycles. The van der Waals surface area contributed by atoms with E-state index in [2.05, 4.69) is 48.5 Å². The van der Waals surface area contributed by atoms with Gasteiger partial charge in [-0.25, -0.2) is 0 Å². The molecule has 2 unspecified atom stereocenters. The van der Waals surface area contributed by atoms with Crippen molar-refractivity contribution in [2.24, 2.45) is 10.8 Å². The van der Waals surface area contributed by atoms with Crippen LogP contribution in [0.15, 0.2) is 0 Å². The van der Waals surface area contributed by atoms with E-state index in [1.54, 1.807) is 0 Å². The molecule has 0 spiro atoms. The third-order valence-corrected chi connectivity index (χ3v) is 4.89. The molecule has 0 aromatic heterocycles. The van der Waals surface area contributed by atoms with Crippen molar-refractivity contribution in [2.45, 2.75) is 73.0 Å². The zero-order chi connectivity index (χ0) is 16.2. The summed E-state index contributed by atoms with van der Waals surface area (Å²) in [4.78, 5) is 2.02. The third-order valence-electron chi connectivity index (χ3n) is 4.89. The summed E-state index contributed by atoms with van der Waals surface area (Å²) in [7, 11) is 3.96. The molecule has 0 aliphatic heterocycles. The minimum absolute atomic E-state index is 0.0569. The van der Waals surface area contributed by atoms with Crippen LogP contribution in [0.2, 0.25) is 0 Å². The minimum atomic E-state index is -0.198. The Morgan fingerprint density at radius 2 is 1.65 bits per heavy atom. The quantitative estimate of drug-likeness (QED) is 0.695. The van der Waals surface area contributed by atoms with E-state index < -0.39 is 0 Å². The van der Waals surface area contributed by atoms with E-state index in [1.165, 1.54) is 0 Å². The molecular weight excluding hydrogens is 249 g/mol. The lowest BCUT2D eigenvalue weighted by Crippen LogP contribution is -2.49. The van der Waals surface area contributed by atoms with Crippen LogP contribution in [-0.4, -0.2) is 49.8 Å². The lowest BCUT2D eigenvalue weighted by molar-refractivity contribution is -0.137. The molecular formula is C16H36BNO2. The summed E-state index contributed by atoms with van der Waals surface area (Å²) < 4.78 is 6.34. The Bertz CT molecular complexity index is 287. The summed E-state index contributed by atoms with van der Waals surface area (Å²) >= 11 is 0. The first-order valence-electron chi connectivity index (χ1n) is 7.80. The number of rotatable bonds is 8. The van der Waals surface area contributed by atoms with Crippen LogP contribution >= 0.6 is 0 Å². The minimum Gasteiger partial charge on any atom is -0.395 e.